The van der Waals surface area contributed by atoms with Crippen molar-refractivity contribution >= 4 is 51.1 Å². The number of likely N-dealkylation sites (tertiary alicyclic amines) is 1. The van der Waals surface area contributed by atoms with Gasteiger partial charge in [0.2, 0.25) is 0 Å². The summed E-state index contributed by atoms with van der Waals surface area (Å²) in [5.74, 6) is 0.945. The van der Waals surface area contributed by atoms with E-state index >= 15 is 0 Å². The van der Waals surface area contributed by atoms with Gasteiger partial charge < -0.3 is 10.6 Å². The van der Waals surface area contributed by atoms with Gasteiger partial charge in [0.05, 0.1) is 18.3 Å². The summed E-state index contributed by atoms with van der Waals surface area (Å²) in [6, 6.07) is 4.66. The lowest BCUT2D eigenvalue weighted by Crippen LogP contribution is -2.43. The molecule has 0 spiro atoms. The molecule has 2 rings (SSSR count). The lowest BCUT2D eigenvalue weighted by molar-refractivity contribution is 0.255. The summed E-state index contributed by atoms with van der Waals surface area (Å²) in [6.45, 7) is 7.77. The van der Waals surface area contributed by atoms with Crippen LogP contribution in [0.5, 0.6) is 0 Å². The van der Waals surface area contributed by atoms with Gasteiger partial charge in [-0.15, -0.1) is 35.3 Å². The van der Waals surface area contributed by atoms with E-state index < -0.39 is 9.84 Å². The van der Waals surface area contributed by atoms with Crippen LogP contribution in [0.15, 0.2) is 22.5 Å². The van der Waals surface area contributed by atoms with E-state index in [4.69, 9.17) is 4.99 Å². The number of guanidine groups is 1. The van der Waals surface area contributed by atoms with E-state index in [-0.39, 0.29) is 35.8 Å². The maximum Gasteiger partial charge on any atom is 0.191 e. The predicted molar refractivity (Wildman–Crippen MR) is 126 cm³/mol. The van der Waals surface area contributed by atoms with Crippen molar-refractivity contribution in [1.29, 1.82) is 0 Å². The number of aliphatic imine (C=N–C) groups is 1. The molecule has 156 valence electrons. The number of nitrogens with zero attached hydrogens (tertiary/aromatic N) is 2. The van der Waals surface area contributed by atoms with Crippen molar-refractivity contribution in [2.24, 2.45) is 4.99 Å². The molecule has 6 nitrogen and oxygen atoms in total. The normalized spacial score (nSPS) is 18.0. The summed E-state index contributed by atoms with van der Waals surface area (Å²) in [4.78, 5) is 8.69. The Hall–Kier alpha value is -0.390. The lowest BCUT2D eigenvalue weighted by Gasteiger charge is -2.26. The van der Waals surface area contributed by atoms with Crippen molar-refractivity contribution in [2.45, 2.75) is 45.2 Å². The summed E-state index contributed by atoms with van der Waals surface area (Å²) >= 11 is 1.79. The first-order valence-corrected chi connectivity index (χ1v) is 12.3. The molecular formula is C18H33IN4O2S2. The van der Waals surface area contributed by atoms with Crippen molar-refractivity contribution in [3.05, 3.63) is 22.4 Å². The average molecular weight is 529 g/mol. The Kier molecular flexibility index (Phi) is 11.2. The Bertz CT molecular complexity index is 659. The van der Waals surface area contributed by atoms with Gasteiger partial charge in [0, 0.05) is 23.7 Å². The van der Waals surface area contributed by atoms with Crippen LogP contribution in [0.1, 0.15) is 44.0 Å². The average Bonchev–Trinajstić information content (AvgIpc) is 3.27. The highest BCUT2D eigenvalue weighted by atomic mass is 127. The van der Waals surface area contributed by atoms with Crippen molar-refractivity contribution < 1.29 is 8.42 Å². The van der Waals surface area contributed by atoms with Gasteiger partial charge in [-0.25, -0.2) is 8.42 Å². The standard InChI is InChI=1S/C18H32N4O2S2.HI/c1-4-19-18(21-15(2)9-13-26(3,23)24)20-14-16(17-8-7-12-25-17)22-10-5-6-11-22;/h7-8,12,15-16H,4-6,9-11,13-14H2,1-3H3,(H2,19,20,21);1H. The summed E-state index contributed by atoms with van der Waals surface area (Å²) in [6.07, 6.45) is 4.36. The largest absolute Gasteiger partial charge is 0.357 e. The summed E-state index contributed by atoms with van der Waals surface area (Å²) in [7, 11) is -2.94. The number of sulfone groups is 1. The van der Waals surface area contributed by atoms with Crippen LogP contribution in [0.4, 0.5) is 0 Å². The van der Waals surface area contributed by atoms with Crippen LogP contribution in [0.3, 0.4) is 0 Å². The third-order valence-electron chi connectivity index (χ3n) is 4.52. The molecule has 0 saturated carbocycles. The van der Waals surface area contributed by atoms with Gasteiger partial charge in [-0.3, -0.25) is 9.89 Å². The second-order valence-electron chi connectivity index (χ2n) is 6.96. The molecule has 1 fully saturated rings. The molecule has 0 amide bonds. The Balaban J connectivity index is 0.00000364. The number of nitrogens with one attached hydrogen (secondary N) is 2. The maximum absolute atomic E-state index is 11.4. The van der Waals surface area contributed by atoms with Gasteiger partial charge in [0.1, 0.15) is 9.84 Å². The number of hydrogen-bond donors (Lipinski definition) is 2. The molecule has 2 N–H and O–H groups in total. The fraction of sp³-hybridized carbons (Fsp3) is 0.722. The number of rotatable bonds is 9. The van der Waals surface area contributed by atoms with Crippen molar-refractivity contribution in [2.75, 3.05) is 38.2 Å². The van der Waals surface area contributed by atoms with Crippen molar-refractivity contribution in [1.82, 2.24) is 15.5 Å². The van der Waals surface area contributed by atoms with Gasteiger partial charge in [-0.1, -0.05) is 6.07 Å². The van der Waals surface area contributed by atoms with E-state index in [0.717, 1.165) is 25.6 Å². The Morgan fingerprint density at radius 3 is 2.63 bits per heavy atom. The summed E-state index contributed by atoms with van der Waals surface area (Å²) < 4.78 is 22.7. The van der Waals surface area contributed by atoms with Crippen molar-refractivity contribution in [3.63, 3.8) is 0 Å². The smallest absolute Gasteiger partial charge is 0.191 e. The predicted octanol–water partition coefficient (Wildman–Crippen LogP) is 2.88. The summed E-state index contributed by atoms with van der Waals surface area (Å²) in [5.41, 5.74) is 0. The van der Waals surface area contributed by atoms with Crippen LogP contribution in [-0.4, -0.2) is 63.5 Å². The molecule has 0 aliphatic carbocycles. The molecule has 0 aromatic carbocycles. The van der Waals surface area contributed by atoms with Crippen LogP contribution in [0, 0.1) is 0 Å². The van der Waals surface area contributed by atoms with Crippen molar-refractivity contribution in [3.8, 4) is 0 Å². The zero-order valence-electron chi connectivity index (χ0n) is 16.5. The topological polar surface area (TPSA) is 73.8 Å². The zero-order chi connectivity index (χ0) is 19.0. The second-order valence-corrected chi connectivity index (χ2v) is 10.2. The van der Waals surface area contributed by atoms with Gasteiger partial charge in [-0.2, -0.15) is 0 Å². The lowest BCUT2D eigenvalue weighted by atomic mass is 10.2. The molecule has 27 heavy (non-hydrogen) atoms. The van der Waals surface area contributed by atoms with Crippen LogP contribution < -0.4 is 10.6 Å². The Morgan fingerprint density at radius 1 is 1.37 bits per heavy atom. The van der Waals surface area contributed by atoms with Crippen LogP contribution >= 0.6 is 35.3 Å². The van der Waals surface area contributed by atoms with E-state index in [1.165, 1.54) is 24.0 Å². The molecular weight excluding hydrogens is 495 g/mol. The van der Waals surface area contributed by atoms with E-state index in [1.54, 1.807) is 11.3 Å². The molecule has 9 heteroatoms. The fourth-order valence-electron chi connectivity index (χ4n) is 3.11. The SMILES string of the molecule is CCNC(=NCC(c1cccs1)N1CCCC1)NC(C)CCS(C)(=O)=O.I. The molecule has 1 aromatic rings. The maximum atomic E-state index is 11.4. The van der Waals surface area contributed by atoms with Gasteiger partial charge >= 0.3 is 0 Å². The molecule has 0 bridgehead atoms. The van der Waals surface area contributed by atoms with Crippen LogP contribution in [0.2, 0.25) is 0 Å². The van der Waals surface area contributed by atoms with E-state index in [2.05, 4.69) is 33.0 Å². The first-order chi connectivity index (χ1) is 12.4. The van der Waals surface area contributed by atoms with E-state index in [0.29, 0.717) is 19.0 Å². The minimum Gasteiger partial charge on any atom is -0.357 e. The fourth-order valence-corrected chi connectivity index (χ4v) is 4.75. The minimum atomic E-state index is -2.94. The number of halogens is 1. The van der Waals surface area contributed by atoms with E-state index in [9.17, 15) is 8.42 Å². The molecule has 1 aliphatic rings. The zero-order valence-corrected chi connectivity index (χ0v) is 20.4. The highest BCUT2D eigenvalue weighted by molar-refractivity contribution is 14.0. The summed E-state index contributed by atoms with van der Waals surface area (Å²) in [5, 5.41) is 8.74. The van der Waals surface area contributed by atoms with Gasteiger partial charge in [0.15, 0.2) is 5.96 Å². The molecule has 2 atom stereocenters. The molecule has 2 heterocycles. The molecule has 1 aliphatic heterocycles. The Morgan fingerprint density at radius 2 is 2.07 bits per heavy atom. The number of hydrogen-bond acceptors (Lipinski definition) is 5. The van der Waals surface area contributed by atoms with E-state index in [1.807, 2.05) is 13.8 Å². The highest BCUT2D eigenvalue weighted by Crippen LogP contribution is 2.28. The first-order valence-electron chi connectivity index (χ1n) is 9.39. The molecule has 2 unspecified atom stereocenters. The highest BCUT2D eigenvalue weighted by Gasteiger charge is 2.24. The Labute approximate surface area is 185 Å². The molecule has 1 aromatic heterocycles. The second kappa shape index (κ2) is 12.2. The minimum absolute atomic E-state index is 0. The third kappa shape index (κ3) is 9.10. The van der Waals surface area contributed by atoms with Gasteiger partial charge in [-0.05, 0) is 57.6 Å². The number of thiophene rings is 1. The third-order valence-corrected chi connectivity index (χ3v) is 6.48. The molecule has 1 saturated heterocycles. The van der Waals surface area contributed by atoms with Crippen LogP contribution in [-0.2, 0) is 9.84 Å². The van der Waals surface area contributed by atoms with Crippen LogP contribution in [0.25, 0.3) is 0 Å². The first kappa shape index (κ1) is 24.6. The monoisotopic (exact) mass is 528 g/mol. The quantitative estimate of drug-likeness (QED) is 0.293. The van der Waals surface area contributed by atoms with Gasteiger partial charge in [0.25, 0.3) is 0 Å². The molecule has 0 radical (unpaired) electrons.